The smallest absolute Gasteiger partial charge is 0.168 e. The molecule has 4 unspecified atom stereocenters. The van der Waals surface area contributed by atoms with E-state index in [-0.39, 0.29) is 36.3 Å². The van der Waals surface area contributed by atoms with Gasteiger partial charge in [0.15, 0.2) is 5.78 Å². The summed E-state index contributed by atoms with van der Waals surface area (Å²) in [5.74, 6) is 0.832. The summed E-state index contributed by atoms with van der Waals surface area (Å²) in [6, 6.07) is 9.28. The number of nitrogens with one attached hydrogen (secondary N) is 1. The van der Waals surface area contributed by atoms with E-state index in [9.17, 15) is 9.90 Å². The van der Waals surface area contributed by atoms with Crippen LogP contribution in [0.4, 0.5) is 0 Å². The molecule has 1 aromatic heterocycles. The fraction of sp³-hybridized carbons (Fsp3) is 0.476. The lowest BCUT2D eigenvalue weighted by atomic mass is 9.87. The number of ketones is 1. The van der Waals surface area contributed by atoms with Gasteiger partial charge in [0.05, 0.1) is 5.02 Å². The molecule has 2 aromatic rings. The van der Waals surface area contributed by atoms with E-state index in [0.29, 0.717) is 17.3 Å². The number of carbonyl (C=O) groups excluding carboxylic acids is 1. The number of carbonyl (C=O) groups is 1. The Labute approximate surface area is 180 Å². The summed E-state index contributed by atoms with van der Waals surface area (Å²) in [4.78, 5) is 15.2. The van der Waals surface area contributed by atoms with Gasteiger partial charge in [-0.1, -0.05) is 23.7 Å². The molecule has 4 nitrogen and oxygen atoms in total. The van der Waals surface area contributed by atoms with Crippen LogP contribution in [-0.2, 0) is 6.42 Å². The second-order valence-electron chi connectivity index (χ2n) is 7.46. The lowest BCUT2D eigenvalue weighted by molar-refractivity contribution is 0.0442. The lowest BCUT2D eigenvalue weighted by Gasteiger charge is -2.25. The fourth-order valence-electron chi connectivity index (χ4n) is 4.10. The highest BCUT2D eigenvalue weighted by Crippen LogP contribution is 2.33. The van der Waals surface area contributed by atoms with Crippen LogP contribution in [0.15, 0.2) is 30.3 Å². The third-order valence-electron chi connectivity index (χ3n) is 5.59. The quantitative estimate of drug-likeness (QED) is 0.719. The monoisotopic (exact) mass is 441 g/mol. The van der Waals surface area contributed by atoms with E-state index in [0.717, 1.165) is 31.2 Å². The van der Waals surface area contributed by atoms with Crippen molar-refractivity contribution in [3.8, 4) is 5.75 Å². The van der Waals surface area contributed by atoms with Crippen LogP contribution in [0.3, 0.4) is 0 Å². The summed E-state index contributed by atoms with van der Waals surface area (Å²) < 4.78 is 5.92. The van der Waals surface area contributed by atoms with Crippen molar-refractivity contribution in [2.24, 2.45) is 5.92 Å². The molecule has 7 heteroatoms. The predicted octanol–water partition coefficient (Wildman–Crippen LogP) is 4.44. The number of benzene rings is 1. The fourth-order valence-corrected chi connectivity index (χ4v) is 5.34. The third-order valence-corrected chi connectivity index (χ3v) is 7.01. The Morgan fingerprint density at radius 1 is 1.29 bits per heavy atom. The predicted molar refractivity (Wildman–Crippen MR) is 115 cm³/mol. The number of aryl methyl sites for hydroxylation is 2. The molecule has 0 spiro atoms. The van der Waals surface area contributed by atoms with Crippen LogP contribution in [0.5, 0.6) is 5.75 Å². The van der Waals surface area contributed by atoms with Gasteiger partial charge in [0.2, 0.25) is 0 Å². The largest absolute Gasteiger partial charge is 0.486 e. The molecule has 0 amide bonds. The number of fused-ring (bicyclic) bond motifs is 1. The number of hydrogen-bond donors (Lipinski definition) is 2. The van der Waals surface area contributed by atoms with Crippen molar-refractivity contribution in [2.45, 2.75) is 50.9 Å². The molecule has 0 bridgehead atoms. The molecule has 1 fully saturated rings. The number of halogens is 2. The molecular weight excluding hydrogens is 417 g/mol. The molecule has 1 aromatic carbocycles. The molecule has 4 atom stereocenters. The van der Waals surface area contributed by atoms with Crippen molar-refractivity contribution in [3.63, 3.8) is 0 Å². The van der Waals surface area contributed by atoms with E-state index in [2.05, 4.69) is 12.2 Å². The van der Waals surface area contributed by atoms with Gasteiger partial charge in [-0.2, -0.15) is 0 Å². The summed E-state index contributed by atoms with van der Waals surface area (Å²) in [6.45, 7) is 2.66. The number of aliphatic hydroxyl groups is 1. The van der Waals surface area contributed by atoms with E-state index in [1.165, 1.54) is 9.75 Å². The molecule has 0 saturated heterocycles. The zero-order valence-electron chi connectivity index (χ0n) is 15.7. The van der Waals surface area contributed by atoms with Crippen molar-refractivity contribution in [3.05, 3.63) is 50.7 Å². The Kier molecular flexibility index (Phi) is 7.05. The van der Waals surface area contributed by atoms with Crippen LogP contribution >= 0.6 is 35.3 Å². The second-order valence-corrected chi connectivity index (χ2v) is 9.21. The first-order valence-electron chi connectivity index (χ1n) is 9.49. The van der Waals surface area contributed by atoms with E-state index >= 15 is 0 Å². The molecule has 2 aliphatic carbocycles. The average Bonchev–Trinajstić information content (AvgIpc) is 3.20. The molecule has 1 saturated carbocycles. The van der Waals surface area contributed by atoms with Gasteiger partial charge in [-0.25, -0.2) is 0 Å². The summed E-state index contributed by atoms with van der Waals surface area (Å²) in [5, 5.41) is 14.6. The SMILES string of the molecule is Cc1cc2c(s1)CCC(CNC1CCC(Oc3ccccc3Cl)C1O)C2=O.Cl. The maximum atomic E-state index is 12.7. The van der Waals surface area contributed by atoms with Gasteiger partial charge in [-0.15, -0.1) is 23.7 Å². The molecule has 2 N–H and O–H groups in total. The zero-order valence-corrected chi connectivity index (χ0v) is 18.1. The minimum absolute atomic E-state index is 0. The van der Waals surface area contributed by atoms with Gasteiger partial charge in [0.1, 0.15) is 18.0 Å². The van der Waals surface area contributed by atoms with E-state index in [4.69, 9.17) is 16.3 Å². The van der Waals surface area contributed by atoms with Crippen molar-refractivity contribution in [2.75, 3.05) is 6.54 Å². The van der Waals surface area contributed by atoms with Crippen LogP contribution in [0.2, 0.25) is 5.02 Å². The van der Waals surface area contributed by atoms with Gasteiger partial charge < -0.3 is 15.2 Å². The molecule has 152 valence electrons. The Morgan fingerprint density at radius 2 is 2.07 bits per heavy atom. The van der Waals surface area contributed by atoms with E-state index in [1.54, 1.807) is 17.4 Å². The number of hydrogen-bond acceptors (Lipinski definition) is 5. The minimum atomic E-state index is -0.612. The van der Waals surface area contributed by atoms with Gasteiger partial charge >= 0.3 is 0 Å². The summed E-state index contributed by atoms with van der Waals surface area (Å²) in [7, 11) is 0. The summed E-state index contributed by atoms with van der Waals surface area (Å²) >= 11 is 7.88. The topological polar surface area (TPSA) is 58.6 Å². The molecule has 2 aliphatic rings. The Bertz CT molecular complexity index is 841. The first-order chi connectivity index (χ1) is 13.0. The van der Waals surface area contributed by atoms with Crippen LogP contribution in [0.25, 0.3) is 0 Å². The Morgan fingerprint density at radius 3 is 2.86 bits per heavy atom. The van der Waals surface area contributed by atoms with E-state index in [1.807, 2.05) is 24.3 Å². The van der Waals surface area contributed by atoms with Crippen molar-refractivity contribution >= 4 is 41.1 Å². The molecule has 0 aliphatic heterocycles. The number of aliphatic hydroxyl groups excluding tert-OH is 1. The number of rotatable bonds is 5. The Hall–Kier alpha value is -1.11. The maximum absolute atomic E-state index is 12.7. The van der Waals surface area contributed by atoms with Crippen LogP contribution in [0.1, 0.15) is 39.4 Å². The average molecular weight is 442 g/mol. The molecule has 28 heavy (non-hydrogen) atoms. The highest BCUT2D eigenvalue weighted by atomic mass is 35.5. The minimum Gasteiger partial charge on any atom is -0.486 e. The highest BCUT2D eigenvalue weighted by Gasteiger charge is 2.37. The maximum Gasteiger partial charge on any atom is 0.168 e. The van der Waals surface area contributed by atoms with Crippen molar-refractivity contribution < 1.29 is 14.6 Å². The molecule has 1 heterocycles. The first-order valence-corrected chi connectivity index (χ1v) is 10.7. The van der Waals surface area contributed by atoms with Gasteiger partial charge in [-0.05, 0) is 50.8 Å². The lowest BCUT2D eigenvalue weighted by Crippen LogP contribution is -2.44. The normalized spacial score (nSPS) is 26.6. The van der Waals surface area contributed by atoms with E-state index < -0.39 is 6.10 Å². The molecule has 0 radical (unpaired) electrons. The molecule has 4 rings (SSSR count). The number of ether oxygens (including phenoxy) is 1. The van der Waals surface area contributed by atoms with Crippen molar-refractivity contribution in [1.82, 2.24) is 5.32 Å². The summed E-state index contributed by atoms with van der Waals surface area (Å²) in [6.07, 6.45) is 2.53. The van der Waals surface area contributed by atoms with Gasteiger partial charge in [0.25, 0.3) is 0 Å². The zero-order chi connectivity index (χ0) is 19.0. The number of Topliss-reactive ketones (excluding diaryl/α,β-unsaturated/α-hetero) is 1. The number of thiophene rings is 1. The van der Waals surface area contributed by atoms with Gasteiger partial charge in [-0.3, -0.25) is 4.79 Å². The summed E-state index contributed by atoms with van der Waals surface area (Å²) in [5.41, 5.74) is 0.905. The second kappa shape index (κ2) is 9.14. The first kappa shape index (κ1) is 21.6. The van der Waals surface area contributed by atoms with Crippen LogP contribution in [0, 0.1) is 12.8 Å². The Balaban J connectivity index is 0.00000225. The van der Waals surface area contributed by atoms with Crippen LogP contribution < -0.4 is 10.1 Å². The van der Waals surface area contributed by atoms with Crippen molar-refractivity contribution in [1.29, 1.82) is 0 Å². The standard InChI is InChI=1S/C21H24ClNO3S.ClH/c1-12-10-14-19(27-12)9-6-13(20(14)24)11-23-16-7-8-18(21(16)25)26-17-5-3-2-4-15(17)22;/h2-5,10,13,16,18,21,23,25H,6-9,11H2,1H3;1H. The van der Waals surface area contributed by atoms with Gasteiger partial charge in [0, 0.05) is 33.8 Å². The third kappa shape index (κ3) is 4.39. The number of para-hydroxylation sites is 1. The molecular formula is C21H25Cl2NO3S. The van der Waals surface area contributed by atoms with Crippen LogP contribution in [-0.4, -0.2) is 35.7 Å². The highest BCUT2D eigenvalue weighted by molar-refractivity contribution is 7.12.